The zero-order valence-electron chi connectivity index (χ0n) is 7.67. The van der Waals surface area contributed by atoms with Gasteiger partial charge in [-0.3, -0.25) is 4.79 Å². The molecule has 1 rings (SSSR count). The summed E-state index contributed by atoms with van der Waals surface area (Å²) >= 11 is 0. The largest absolute Gasteiger partial charge is 0.352 e. The molecule has 0 radical (unpaired) electrons. The Hall–Kier alpha value is -0.280. The zero-order valence-corrected chi connectivity index (χ0v) is 8.49. The predicted molar refractivity (Wildman–Crippen MR) is 51.6 cm³/mol. The smallest absolute Gasteiger partial charge is 0.220 e. The monoisotopic (exact) mass is 192 g/mol. The minimum absolute atomic E-state index is 0. The molecule has 1 fully saturated rings. The fraction of sp³-hybridized carbons (Fsp3) is 0.875. The number of rotatable bonds is 3. The first-order valence-electron chi connectivity index (χ1n) is 4.20. The van der Waals surface area contributed by atoms with Crippen molar-refractivity contribution in [3.63, 3.8) is 0 Å². The maximum atomic E-state index is 10.8. The summed E-state index contributed by atoms with van der Waals surface area (Å²) < 4.78 is 0. The van der Waals surface area contributed by atoms with E-state index >= 15 is 0 Å². The number of hydrogen-bond donors (Lipinski definition) is 1. The number of carbonyl (C=O) groups excluding carboxylic acids is 1. The molecule has 0 aliphatic carbocycles. The molecule has 0 saturated carbocycles. The molecule has 3 nitrogen and oxygen atoms in total. The van der Waals surface area contributed by atoms with E-state index in [0.29, 0.717) is 12.5 Å². The SMILES string of the molecule is CCN(C)CC1CCC(=O)N1.Cl. The molecule has 1 unspecified atom stereocenters. The molecule has 12 heavy (non-hydrogen) atoms. The number of carbonyl (C=O) groups is 1. The molecule has 1 amide bonds. The van der Waals surface area contributed by atoms with Gasteiger partial charge < -0.3 is 10.2 Å². The van der Waals surface area contributed by atoms with E-state index in [2.05, 4.69) is 24.2 Å². The van der Waals surface area contributed by atoms with Gasteiger partial charge in [-0.15, -0.1) is 12.4 Å². The van der Waals surface area contributed by atoms with Gasteiger partial charge in [-0.05, 0) is 20.0 Å². The molecule has 0 aromatic heterocycles. The summed E-state index contributed by atoms with van der Waals surface area (Å²) in [5.41, 5.74) is 0. The van der Waals surface area contributed by atoms with Crippen LogP contribution < -0.4 is 5.32 Å². The first-order chi connectivity index (χ1) is 5.22. The topological polar surface area (TPSA) is 32.3 Å². The van der Waals surface area contributed by atoms with Gasteiger partial charge in [0.2, 0.25) is 5.91 Å². The Balaban J connectivity index is 0.00000121. The van der Waals surface area contributed by atoms with Crippen LogP contribution in [-0.2, 0) is 4.79 Å². The zero-order chi connectivity index (χ0) is 8.27. The van der Waals surface area contributed by atoms with Crippen LogP contribution in [0.3, 0.4) is 0 Å². The highest BCUT2D eigenvalue weighted by molar-refractivity contribution is 5.85. The number of likely N-dealkylation sites (N-methyl/N-ethyl adjacent to an activating group) is 1. The van der Waals surface area contributed by atoms with E-state index in [-0.39, 0.29) is 18.3 Å². The molecule has 1 aliphatic heterocycles. The van der Waals surface area contributed by atoms with Crippen LogP contribution in [-0.4, -0.2) is 37.0 Å². The lowest BCUT2D eigenvalue weighted by Crippen LogP contribution is -2.36. The summed E-state index contributed by atoms with van der Waals surface area (Å²) in [6, 6.07) is 0.396. The van der Waals surface area contributed by atoms with Crippen molar-refractivity contribution in [2.75, 3.05) is 20.1 Å². The van der Waals surface area contributed by atoms with E-state index in [9.17, 15) is 4.79 Å². The third-order valence-corrected chi connectivity index (χ3v) is 2.16. The van der Waals surface area contributed by atoms with Crippen molar-refractivity contribution in [1.29, 1.82) is 0 Å². The van der Waals surface area contributed by atoms with Gasteiger partial charge in [-0.1, -0.05) is 6.92 Å². The van der Waals surface area contributed by atoms with Gasteiger partial charge in [0.1, 0.15) is 0 Å². The second kappa shape index (κ2) is 5.38. The number of halogens is 1. The summed E-state index contributed by atoms with van der Waals surface area (Å²) in [6.45, 7) is 4.16. The number of hydrogen-bond acceptors (Lipinski definition) is 2. The fourth-order valence-corrected chi connectivity index (χ4v) is 1.32. The molecule has 72 valence electrons. The second-order valence-electron chi connectivity index (χ2n) is 3.16. The molecule has 1 atom stereocenters. The molecule has 1 N–H and O–H groups in total. The van der Waals surface area contributed by atoms with Crippen molar-refractivity contribution in [2.45, 2.75) is 25.8 Å². The van der Waals surface area contributed by atoms with Gasteiger partial charge in [0.25, 0.3) is 0 Å². The molecule has 0 bridgehead atoms. The Kier molecular flexibility index (Phi) is 5.25. The quantitative estimate of drug-likeness (QED) is 0.712. The summed E-state index contributed by atoms with van der Waals surface area (Å²) in [5.74, 6) is 0.208. The van der Waals surface area contributed by atoms with E-state index in [1.165, 1.54) is 0 Å². The van der Waals surface area contributed by atoms with Crippen molar-refractivity contribution < 1.29 is 4.79 Å². The summed E-state index contributed by atoms with van der Waals surface area (Å²) in [5, 5.41) is 2.94. The third-order valence-electron chi connectivity index (χ3n) is 2.16. The number of amides is 1. The third kappa shape index (κ3) is 3.41. The standard InChI is InChI=1S/C8H16N2O.ClH/c1-3-10(2)6-7-4-5-8(11)9-7;/h7H,3-6H2,1-2H3,(H,9,11);1H. The first kappa shape index (κ1) is 11.7. The molecule has 1 heterocycles. The van der Waals surface area contributed by atoms with Crippen LogP contribution in [0.4, 0.5) is 0 Å². The lowest BCUT2D eigenvalue weighted by molar-refractivity contribution is -0.119. The maximum absolute atomic E-state index is 10.8. The van der Waals surface area contributed by atoms with Crippen LogP contribution >= 0.6 is 12.4 Å². The minimum atomic E-state index is 0. The van der Waals surface area contributed by atoms with Gasteiger partial charge in [-0.2, -0.15) is 0 Å². The van der Waals surface area contributed by atoms with Crippen LogP contribution in [0, 0.1) is 0 Å². The van der Waals surface area contributed by atoms with E-state index < -0.39 is 0 Å². The van der Waals surface area contributed by atoms with Crippen LogP contribution in [0.25, 0.3) is 0 Å². The Labute approximate surface area is 79.9 Å². The number of nitrogens with one attached hydrogen (secondary N) is 1. The molecule has 4 heteroatoms. The fourth-order valence-electron chi connectivity index (χ4n) is 1.32. The normalized spacial score (nSPS) is 22.2. The lowest BCUT2D eigenvalue weighted by Gasteiger charge is -2.18. The Morgan fingerprint density at radius 3 is 2.75 bits per heavy atom. The van der Waals surface area contributed by atoms with Gasteiger partial charge in [0, 0.05) is 19.0 Å². The average Bonchev–Trinajstić information content (AvgIpc) is 2.35. The van der Waals surface area contributed by atoms with E-state index in [4.69, 9.17) is 0 Å². The molecule has 0 spiro atoms. The Morgan fingerprint density at radius 1 is 1.67 bits per heavy atom. The first-order valence-corrected chi connectivity index (χ1v) is 4.20. The van der Waals surface area contributed by atoms with Gasteiger partial charge in [-0.25, -0.2) is 0 Å². The van der Waals surface area contributed by atoms with E-state index in [1.54, 1.807) is 0 Å². The number of nitrogens with zero attached hydrogens (tertiary/aromatic N) is 1. The van der Waals surface area contributed by atoms with Crippen molar-refractivity contribution in [3.05, 3.63) is 0 Å². The van der Waals surface area contributed by atoms with Crippen LogP contribution in [0.1, 0.15) is 19.8 Å². The minimum Gasteiger partial charge on any atom is -0.352 e. The lowest BCUT2D eigenvalue weighted by atomic mass is 10.2. The molecule has 0 aromatic carbocycles. The molecule has 1 aliphatic rings. The van der Waals surface area contributed by atoms with Gasteiger partial charge in [0.15, 0.2) is 0 Å². The maximum Gasteiger partial charge on any atom is 0.220 e. The molecule has 0 aromatic rings. The molecular formula is C8H17ClN2O. The van der Waals surface area contributed by atoms with Gasteiger partial charge >= 0.3 is 0 Å². The van der Waals surface area contributed by atoms with Crippen molar-refractivity contribution in [3.8, 4) is 0 Å². The highest BCUT2D eigenvalue weighted by Crippen LogP contribution is 2.06. The summed E-state index contributed by atoms with van der Waals surface area (Å²) in [4.78, 5) is 13.0. The van der Waals surface area contributed by atoms with E-state index in [0.717, 1.165) is 19.5 Å². The van der Waals surface area contributed by atoms with Crippen LogP contribution in [0.5, 0.6) is 0 Å². The highest BCUT2D eigenvalue weighted by atomic mass is 35.5. The molecular weight excluding hydrogens is 176 g/mol. The van der Waals surface area contributed by atoms with Crippen LogP contribution in [0.15, 0.2) is 0 Å². The van der Waals surface area contributed by atoms with Crippen molar-refractivity contribution in [2.24, 2.45) is 0 Å². The predicted octanol–water partition coefficient (Wildman–Crippen LogP) is 0.638. The van der Waals surface area contributed by atoms with Crippen LogP contribution in [0.2, 0.25) is 0 Å². The summed E-state index contributed by atoms with van der Waals surface area (Å²) in [7, 11) is 2.07. The summed E-state index contributed by atoms with van der Waals surface area (Å²) in [6.07, 6.45) is 1.71. The molecule has 1 saturated heterocycles. The Morgan fingerprint density at radius 2 is 2.33 bits per heavy atom. The Bertz CT molecular complexity index is 152. The van der Waals surface area contributed by atoms with Crippen molar-refractivity contribution >= 4 is 18.3 Å². The average molecular weight is 193 g/mol. The highest BCUT2D eigenvalue weighted by Gasteiger charge is 2.20. The van der Waals surface area contributed by atoms with Gasteiger partial charge in [0.05, 0.1) is 0 Å². The van der Waals surface area contributed by atoms with Crippen molar-refractivity contribution in [1.82, 2.24) is 10.2 Å². The van der Waals surface area contributed by atoms with E-state index in [1.807, 2.05) is 0 Å². The second-order valence-corrected chi connectivity index (χ2v) is 3.16.